The van der Waals surface area contributed by atoms with E-state index < -0.39 is 0 Å². The third-order valence-corrected chi connectivity index (χ3v) is 2.66. The zero-order chi connectivity index (χ0) is 12.3. The summed E-state index contributed by atoms with van der Waals surface area (Å²) in [6, 6.07) is 1.41. The van der Waals surface area contributed by atoms with Crippen LogP contribution in [0.15, 0.2) is 12.3 Å². The summed E-state index contributed by atoms with van der Waals surface area (Å²) in [4.78, 5) is 14.7. The van der Waals surface area contributed by atoms with Crippen LogP contribution in [-0.4, -0.2) is 15.9 Å². The van der Waals surface area contributed by atoms with Crippen LogP contribution in [-0.2, 0) is 0 Å². The smallest absolute Gasteiger partial charge is 0.291 e. The molecule has 0 spiro atoms. The van der Waals surface area contributed by atoms with Gasteiger partial charge >= 0.3 is 0 Å². The molecule has 0 amide bonds. The van der Waals surface area contributed by atoms with Crippen LogP contribution in [0.1, 0.15) is 37.4 Å². The Morgan fingerprint density at radius 1 is 1.62 bits per heavy atom. The highest BCUT2D eigenvalue weighted by atomic mass is 16.6. The Morgan fingerprint density at radius 2 is 2.25 bits per heavy atom. The summed E-state index contributed by atoms with van der Waals surface area (Å²) < 4.78 is 0. The molecule has 0 saturated carbocycles. The Bertz CT molecular complexity index is 391. The van der Waals surface area contributed by atoms with Gasteiger partial charge in [-0.1, -0.05) is 6.92 Å². The average molecular weight is 223 g/mol. The molecule has 0 aliphatic rings. The molecule has 0 fully saturated rings. The van der Waals surface area contributed by atoms with Crippen LogP contribution in [0.5, 0.6) is 0 Å². The zero-order valence-electron chi connectivity index (χ0n) is 9.80. The van der Waals surface area contributed by atoms with Gasteiger partial charge in [0.15, 0.2) is 0 Å². The maximum atomic E-state index is 10.9. The number of hydrogen-bond donors (Lipinski definition) is 1. The van der Waals surface area contributed by atoms with Crippen LogP contribution in [0.3, 0.4) is 0 Å². The normalized spacial score (nSPS) is 14.5. The quantitative estimate of drug-likeness (QED) is 0.626. The van der Waals surface area contributed by atoms with Crippen molar-refractivity contribution >= 4 is 5.69 Å². The van der Waals surface area contributed by atoms with E-state index >= 15 is 0 Å². The van der Waals surface area contributed by atoms with Gasteiger partial charge in [-0.2, -0.15) is 0 Å². The van der Waals surface area contributed by atoms with Crippen molar-refractivity contribution < 1.29 is 4.92 Å². The second kappa shape index (κ2) is 5.03. The van der Waals surface area contributed by atoms with Crippen molar-refractivity contribution in [3.8, 4) is 0 Å². The Labute approximate surface area is 94.8 Å². The SMILES string of the molecule is CCC(c1ncc(C)cc1[N+](=O)[O-])C(C)N. The highest BCUT2D eigenvalue weighted by Gasteiger charge is 2.25. The van der Waals surface area contributed by atoms with Crippen LogP contribution in [0, 0.1) is 17.0 Å². The molecule has 0 saturated heterocycles. The standard InChI is InChI=1S/C11H17N3O2/c1-4-9(8(3)12)11-10(14(15)16)5-7(2)6-13-11/h5-6,8-9H,4,12H2,1-3H3. The summed E-state index contributed by atoms with van der Waals surface area (Å²) in [5.74, 6) is -0.0685. The first-order valence-electron chi connectivity index (χ1n) is 5.33. The molecule has 88 valence electrons. The van der Waals surface area contributed by atoms with Crippen molar-refractivity contribution in [3.63, 3.8) is 0 Å². The summed E-state index contributed by atoms with van der Waals surface area (Å²) >= 11 is 0. The Balaban J connectivity index is 3.26. The minimum atomic E-state index is -0.389. The molecule has 1 heterocycles. The highest BCUT2D eigenvalue weighted by molar-refractivity contribution is 5.40. The van der Waals surface area contributed by atoms with E-state index in [4.69, 9.17) is 5.73 Å². The van der Waals surface area contributed by atoms with Gasteiger partial charge < -0.3 is 5.73 Å². The van der Waals surface area contributed by atoms with Gasteiger partial charge in [0.2, 0.25) is 0 Å². The fourth-order valence-electron chi connectivity index (χ4n) is 1.81. The lowest BCUT2D eigenvalue weighted by atomic mass is 9.93. The van der Waals surface area contributed by atoms with Crippen LogP contribution in [0.4, 0.5) is 5.69 Å². The number of nitrogens with zero attached hydrogens (tertiary/aromatic N) is 2. The molecule has 0 radical (unpaired) electrons. The first-order valence-corrected chi connectivity index (χ1v) is 5.33. The second-order valence-electron chi connectivity index (χ2n) is 4.05. The van der Waals surface area contributed by atoms with Crippen molar-refractivity contribution in [3.05, 3.63) is 33.6 Å². The van der Waals surface area contributed by atoms with Gasteiger partial charge in [0.25, 0.3) is 5.69 Å². The van der Waals surface area contributed by atoms with E-state index in [9.17, 15) is 10.1 Å². The van der Waals surface area contributed by atoms with E-state index in [-0.39, 0.29) is 22.6 Å². The molecule has 5 heteroatoms. The summed E-state index contributed by atoms with van der Waals surface area (Å²) in [6.07, 6.45) is 2.39. The van der Waals surface area contributed by atoms with Crippen LogP contribution in [0.25, 0.3) is 0 Å². The van der Waals surface area contributed by atoms with Crippen molar-refractivity contribution in [2.24, 2.45) is 5.73 Å². The maximum absolute atomic E-state index is 10.9. The lowest BCUT2D eigenvalue weighted by Gasteiger charge is -2.18. The van der Waals surface area contributed by atoms with Crippen LogP contribution < -0.4 is 5.73 Å². The zero-order valence-corrected chi connectivity index (χ0v) is 9.80. The third-order valence-electron chi connectivity index (χ3n) is 2.66. The lowest BCUT2D eigenvalue weighted by Crippen LogP contribution is -2.25. The molecule has 2 atom stereocenters. The second-order valence-corrected chi connectivity index (χ2v) is 4.05. The molecule has 2 N–H and O–H groups in total. The van der Waals surface area contributed by atoms with Crippen LogP contribution >= 0.6 is 0 Å². The summed E-state index contributed by atoms with van der Waals surface area (Å²) in [5, 5.41) is 10.9. The number of pyridine rings is 1. The molecule has 1 aromatic rings. The number of aryl methyl sites for hydroxylation is 1. The van der Waals surface area contributed by atoms with Crippen molar-refractivity contribution in [2.45, 2.75) is 39.2 Å². The minimum Gasteiger partial charge on any atom is -0.327 e. The van der Waals surface area contributed by atoms with Crippen LogP contribution in [0.2, 0.25) is 0 Å². The maximum Gasteiger partial charge on any atom is 0.291 e. The molecule has 1 aromatic heterocycles. The molecule has 0 aliphatic carbocycles. The Morgan fingerprint density at radius 3 is 2.69 bits per heavy atom. The first-order chi connectivity index (χ1) is 7.47. The Hall–Kier alpha value is -1.49. The lowest BCUT2D eigenvalue weighted by molar-refractivity contribution is -0.386. The van der Waals surface area contributed by atoms with E-state index in [0.717, 1.165) is 12.0 Å². The first kappa shape index (κ1) is 12.6. The predicted octanol–water partition coefficient (Wildman–Crippen LogP) is 2.14. The fourth-order valence-corrected chi connectivity index (χ4v) is 1.81. The van der Waals surface area contributed by atoms with E-state index in [2.05, 4.69) is 4.98 Å². The Kier molecular flexibility index (Phi) is 3.95. The van der Waals surface area contributed by atoms with Gasteiger partial charge in [-0.05, 0) is 25.8 Å². The predicted molar refractivity (Wildman–Crippen MR) is 62.3 cm³/mol. The largest absolute Gasteiger partial charge is 0.327 e. The van der Waals surface area contributed by atoms with Gasteiger partial charge in [0, 0.05) is 24.2 Å². The molecular weight excluding hydrogens is 206 g/mol. The molecule has 1 rings (SSSR count). The third kappa shape index (κ3) is 2.55. The monoisotopic (exact) mass is 223 g/mol. The number of aromatic nitrogens is 1. The van der Waals surface area contributed by atoms with Gasteiger partial charge in [0.1, 0.15) is 5.69 Å². The van der Waals surface area contributed by atoms with E-state index in [1.54, 1.807) is 19.2 Å². The molecule has 16 heavy (non-hydrogen) atoms. The summed E-state index contributed by atoms with van der Waals surface area (Å²) in [6.45, 7) is 5.59. The molecule has 0 aliphatic heterocycles. The van der Waals surface area contributed by atoms with Gasteiger partial charge in [-0.25, -0.2) is 0 Å². The van der Waals surface area contributed by atoms with Gasteiger partial charge in [0.05, 0.1) is 4.92 Å². The number of nitro groups is 1. The number of nitrogens with two attached hydrogens (primary N) is 1. The van der Waals surface area contributed by atoms with E-state index in [0.29, 0.717) is 5.69 Å². The molecule has 0 aromatic carbocycles. The van der Waals surface area contributed by atoms with Gasteiger partial charge in [-0.3, -0.25) is 15.1 Å². The molecular formula is C11H17N3O2. The summed E-state index contributed by atoms with van der Waals surface area (Å²) in [7, 11) is 0. The molecule has 0 bridgehead atoms. The number of rotatable bonds is 4. The van der Waals surface area contributed by atoms with Crippen molar-refractivity contribution in [2.75, 3.05) is 0 Å². The van der Waals surface area contributed by atoms with Crippen molar-refractivity contribution in [1.82, 2.24) is 4.98 Å². The fraction of sp³-hybridized carbons (Fsp3) is 0.545. The topological polar surface area (TPSA) is 82.0 Å². The summed E-state index contributed by atoms with van der Waals surface area (Å²) in [5.41, 5.74) is 7.18. The number of hydrogen-bond acceptors (Lipinski definition) is 4. The van der Waals surface area contributed by atoms with E-state index in [1.807, 2.05) is 13.8 Å². The van der Waals surface area contributed by atoms with E-state index in [1.165, 1.54) is 0 Å². The minimum absolute atomic E-state index is 0.0685. The van der Waals surface area contributed by atoms with Crippen molar-refractivity contribution in [1.29, 1.82) is 0 Å². The molecule has 5 nitrogen and oxygen atoms in total. The van der Waals surface area contributed by atoms with Gasteiger partial charge in [-0.15, -0.1) is 0 Å². The average Bonchev–Trinajstić information content (AvgIpc) is 2.20. The highest BCUT2D eigenvalue weighted by Crippen LogP contribution is 2.29. The molecule has 2 unspecified atom stereocenters.